The van der Waals surface area contributed by atoms with Gasteiger partial charge in [0.15, 0.2) is 11.6 Å². The second-order valence-corrected chi connectivity index (χ2v) is 9.28. The molecule has 0 amide bonds. The van der Waals surface area contributed by atoms with Crippen molar-refractivity contribution in [1.29, 1.82) is 0 Å². The predicted molar refractivity (Wildman–Crippen MR) is 119 cm³/mol. The van der Waals surface area contributed by atoms with Crippen molar-refractivity contribution in [3.05, 3.63) is 86.9 Å². The molecule has 3 aromatic rings. The number of hydrogen-bond acceptors (Lipinski definition) is 6. The fraction of sp³-hybridized carbons (Fsp3) is 0.333. The number of nitrogens with zero attached hydrogens (tertiary/aromatic N) is 3. The van der Waals surface area contributed by atoms with Gasteiger partial charge in [-0.25, -0.2) is 8.78 Å². The highest BCUT2D eigenvalue weighted by atomic mass is 32.1. The van der Waals surface area contributed by atoms with Crippen molar-refractivity contribution in [1.82, 2.24) is 9.88 Å². The number of ether oxygens (including phenoxy) is 1. The molecule has 0 N–H and O–H groups in total. The van der Waals surface area contributed by atoms with Gasteiger partial charge in [-0.15, -0.1) is 11.3 Å². The highest BCUT2D eigenvalue weighted by Crippen LogP contribution is 2.43. The van der Waals surface area contributed by atoms with E-state index >= 15 is 0 Å². The molecule has 2 aliphatic rings. The normalized spacial score (nSPS) is 18.2. The fourth-order valence-electron chi connectivity index (χ4n) is 4.52. The molecule has 8 heteroatoms. The summed E-state index contributed by atoms with van der Waals surface area (Å²) in [7, 11) is 1.44. The molecule has 0 radical (unpaired) electrons. The van der Waals surface area contributed by atoms with Crippen molar-refractivity contribution in [3.8, 4) is 0 Å². The fourth-order valence-corrected chi connectivity index (χ4v) is 5.58. The lowest BCUT2D eigenvalue weighted by molar-refractivity contribution is -0.0799. The zero-order chi connectivity index (χ0) is 22.1. The Morgan fingerprint density at radius 2 is 2.03 bits per heavy atom. The Morgan fingerprint density at radius 1 is 1.19 bits per heavy atom. The Kier molecular flexibility index (Phi) is 5.75. The maximum Gasteiger partial charge on any atom is 0.159 e. The number of rotatable bonds is 5. The Balaban J connectivity index is 1.28. The number of halogens is 2. The number of piperidine rings is 1. The summed E-state index contributed by atoms with van der Waals surface area (Å²) in [6.45, 7) is 3.35. The van der Waals surface area contributed by atoms with Crippen LogP contribution in [0.15, 0.2) is 53.9 Å². The highest BCUT2D eigenvalue weighted by Gasteiger charge is 2.42. The van der Waals surface area contributed by atoms with E-state index < -0.39 is 11.6 Å². The minimum Gasteiger partial charge on any atom is -0.399 e. The second kappa shape index (κ2) is 8.69. The van der Waals surface area contributed by atoms with E-state index in [9.17, 15) is 8.78 Å². The van der Waals surface area contributed by atoms with Gasteiger partial charge < -0.3 is 9.57 Å². The van der Waals surface area contributed by atoms with Crippen molar-refractivity contribution < 1.29 is 18.4 Å². The smallest absolute Gasteiger partial charge is 0.159 e. The molecular formula is C24H23F2N3O2S. The quantitative estimate of drug-likeness (QED) is 0.408. The number of benzene rings is 1. The first-order valence-electron chi connectivity index (χ1n) is 10.5. The summed E-state index contributed by atoms with van der Waals surface area (Å²) in [5.74, 6) is -1.79. The topological polar surface area (TPSA) is 47.0 Å². The molecule has 5 nitrogen and oxygen atoms in total. The SMILES string of the molecule is CO/N=C(\c1ccc(F)c(F)c1)c1ccc(CN2CCC3(CC2)OCc2ccncc23)s1. The van der Waals surface area contributed by atoms with E-state index in [2.05, 4.69) is 27.2 Å². The molecule has 1 fully saturated rings. The number of aromatic nitrogens is 1. The lowest BCUT2D eigenvalue weighted by Gasteiger charge is -2.39. The van der Waals surface area contributed by atoms with E-state index in [4.69, 9.17) is 9.57 Å². The summed E-state index contributed by atoms with van der Waals surface area (Å²) in [5, 5.41) is 4.07. The number of fused-ring (bicyclic) bond motifs is 2. The number of hydrogen-bond donors (Lipinski definition) is 0. The molecule has 4 heterocycles. The van der Waals surface area contributed by atoms with Gasteiger partial charge in [0, 0.05) is 48.0 Å². The second-order valence-electron chi connectivity index (χ2n) is 8.11. The van der Waals surface area contributed by atoms with Gasteiger partial charge in [-0.1, -0.05) is 5.16 Å². The van der Waals surface area contributed by atoms with Crippen LogP contribution in [0.1, 0.15) is 39.3 Å². The monoisotopic (exact) mass is 455 g/mol. The molecule has 0 unspecified atom stereocenters. The van der Waals surface area contributed by atoms with E-state index in [1.165, 1.54) is 29.2 Å². The van der Waals surface area contributed by atoms with E-state index in [0.717, 1.165) is 49.5 Å². The summed E-state index contributed by atoms with van der Waals surface area (Å²) in [4.78, 5) is 13.7. The summed E-state index contributed by atoms with van der Waals surface area (Å²) >= 11 is 1.58. The van der Waals surface area contributed by atoms with Crippen molar-refractivity contribution >= 4 is 17.0 Å². The van der Waals surface area contributed by atoms with Gasteiger partial charge in [0.25, 0.3) is 0 Å². The van der Waals surface area contributed by atoms with Crippen LogP contribution in [-0.4, -0.2) is 35.8 Å². The molecule has 5 rings (SSSR count). The first-order chi connectivity index (χ1) is 15.6. The Labute approximate surface area is 189 Å². The van der Waals surface area contributed by atoms with Gasteiger partial charge in [0.05, 0.1) is 17.1 Å². The number of thiophene rings is 1. The minimum absolute atomic E-state index is 0.203. The van der Waals surface area contributed by atoms with Gasteiger partial charge in [-0.2, -0.15) is 0 Å². The van der Waals surface area contributed by atoms with E-state index in [-0.39, 0.29) is 5.60 Å². The maximum absolute atomic E-state index is 13.7. The van der Waals surface area contributed by atoms with Crippen molar-refractivity contribution in [3.63, 3.8) is 0 Å². The molecule has 166 valence electrons. The van der Waals surface area contributed by atoms with Crippen LogP contribution in [0.25, 0.3) is 0 Å². The van der Waals surface area contributed by atoms with Gasteiger partial charge in [0.2, 0.25) is 0 Å². The summed E-state index contributed by atoms with van der Waals surface area (Å²) in [6.07, 6.45) is 5.66. The Bertz CT molecular complexity index is 1160. The average Bonchev–Trinajstić information content (AvgIpc) is 3.41. The summed E-state index contributed by atoms with van der Waals surface area (Å²) < 4.78 is 33.3. The molecule has 32 heavy (non-hydrogen) atoms. The van der Waals surface area contributed by atoms with E-state index in [1.54, 1.807) is 11.3 Å². The summed E-state index contributed by atoms with van der Waals surface area (Å²) in [6, 6.07) is 9.81. The molecule has 1 aromatic carbocycles. The van der Waals surface area contributed by atoms with Crippen LogP contribution in [0.3, 0.4) is 0 Å². The molecule has 0 saturated carbocycles. The molecule has 2 aliphatic heterocycles. The zero-order valence-electron chi connectivity index (χ0n) is 17.7. The number of pyridine rings is 1. The standard InChI is InChI=1S/C24H23F2N3O2S/c1-30-28-23(16-2-4-20(25)21(26)12-16)22-5-3-18(32-22)14-29-10-7-24(8-11-29)19-13-27-9-6-17(19)15-31-24/h2-6,9,12-13H,7-8,10-11,14-15H2,1H3/b28-23+. The van der Waals surface area contributed by atoms with Crippen LogP contribution < -0.4 is 0 Å². The van der Waals surface area contributed by atoms with Crippen LogP contribution >= 0.6 is 11.3 Å². The zero-order valence-corrected chi connectivity index (χ0v) is 18.5. The van der Waals surface area contributed by atoms with E-state index in [0.29, 0.717) is 17.9 Å². The third kappa shape index (κ3) is 3.94. The van der Waals surface area contributed by atoms with Crippen LogP contribution in [-0.2, 0) is 28.3 Å². The molecular weight excluding hydrogens is 432 g/mol. The average molecular weight is 456 g/mol. The van der Waals surface area contributed by atoms with Gasteiger partial charge in [-0.05, 0) is 54.8 Å². The molecule has 0 atom stereocenters. The molecule has 2 aromatic heterocycles. The Hall–Kier alpha value is -2.68. The minimum atomic E-state index is -0.906. The maximum atomic E-state index is 13.7. The first-order valence-corrected chi connectivity index (χ1v) is 11.3. The molecule has 1 saturated heterocycles. The van der Waals surface area contributed by atoms with Crippen molar-refractivity contribution in [2.24, 2.45) is 5.16 Å². The van der Waals surface area contributed by atoms with Crippen LogP contribution in [0.2, 0.25) is 0 Å². The van der Waals surface area contributed by atoms with E-state index in [1.807, 2.05) is 18.5 Å². The third-order valence-corrected chi connectivity index (χ3v) is 7.30. The molecule has 0 bridgehead atoms. The molecule has 1 spiro atoms. The number of oxime groups is 1. The van der Waals surface area contributed by atoms with Gasteiger partial charge in [0.1, 0.15) is 12.8 Å². The first kappa shape index (κ1) is 21.2. The predicted octanol–water partition coefficient (Wildman–Crippen LogP) is 4.84. The highest BCUT2D eigenvalue weighted by molar-refractivity contribution is 7.14. The Morgan fingerprint density at radius 3 is 2.81 bits per heavy atom. The van der Waals surface area contributed by atoms with Gasteiger partial charge in [-0.3, -0.25) is 9.88 Å². The third-order valence-electron chi connectivity index (χ3n) is 6.22. The summed E-state index contributed by atoms with van der Waals surface area (Å²) in [5.41, 5.74) is 3.25. The van der Waals surface area contributed by atoms with Crippen LogP contribution in [0.4, 0.5) is 8.78 Å². The lowest BCUT2D eigenvalue weighted by Crippen LogP contribution is -2.42. The van der Waals surface area contributed by atoms with Crippen molar-refractivity contribution in [2.75, 3.05) is 20.2 Å². The largest absolute Gasteiger partial charge is 0.399 e. The van der Waals surface area contributed by atoms with Crippen LogP contribution in [0, 0.1) is 11.6 Å². The number of likely N-dealkylation sites (tertiary alicyclic amines) is 1. The van der Waals surface area contributed by atoms with Crippen molar-refractivity contribution in [2.45, 2.75) is 31.6 Å². The van der Waals surface area contributed by atoms with Gasteiger partial charge >= 0.3 is 0 Å². The lowest BCUT2D eigenvalue weighted by atomic mass is 9.85. The molecule has 0 aliphatic carbocycles. The van der Waals surface area contributed by atoms with Crippen LogP contribution in [0.5, 0.6) is 0 Å².